The van der Waals surface area contributed by atoms with E-state index in [2.05, 4.69) is 32.2 Å². The lowest BCUT2D eigenvalue weighted by Gasteiger charge is -2.24. The number of rotatable bonds is 5. The predicted octanol–water partition coefficient (Wildman–Crippen LogP) is 2.34. The van der Waals surface area contributed by atoms with Gasteiger partial charge >= 0.3 is 5.97 Å². The van der Waals surface area contributed by atoms with Crippen molar-refractivity contribution in [3.8, 4) is 5.75 Å². The summed E-state index contributed by atoms with van der Waals surface area (Å²) in [4.78, 5) is 10.9. The molecule has 0 saturated heterocycles. The Kier molecular flexibility index (Phi) is 4.95. The molecule has 4 nitrogen and oxygen atoms in total. The third-order valence-corrected chi connectivity index (χ3v) is 3.00. The lowest BCUT2D eigenvalue weighted by Crippen LogP contribution is -2.39. The minimum Gasteiger partial charge on any atom is -0.491 e. The van der Waals surface area contributed by atoms with E-state index in [1.807, 2.05) is 19.1 Å². The second-order valence-corrected chi connectivity index (χ2v) is 5.74. The van der Waals surface area contributed by atoms with Gasteiger partial charge in [-0.3, -0.25) is 4.79 Å². The number of aliphatic carboxylic acids is 1. The fraction of sp³-hybridized carbons (Fsp3) is 0.533. The molecule has 0 radical (unpaired) electrons. The first-order chi connectivity index (χ1) is 8.75. The van der Waals surface area contributed by atoms with Gasteiger partial charge in [-0.25, -0.2) is 0 Å². The van der Waals surface area contributed by atoms with Crippen LogP contribution in [0.25, 0.3) is 0 Å². The normalized spacial score (nSPS) is 13.1. The smallest absolute Gasteiger partial charge is 0.324 e. The first kappa shape index (κ1) is 15.5. The molecule has 106 valence electrons. The van der Waals surface area contributed by atoms with Crippen molar-refractivity contribution in [2.75, 3.05) is 13.7 Å². The molecule has 0 heterocycles. The first-order valence-electron chi connectivity index (χ1n) is 6.39. The van der Waals surface area contributed by atoms with E-state index in [1.165, 1.54) is 5.56 Å². The van der Waals surface area contributed by atoms with Gasteiger partial charge < -0.3 is 15.2 Å². The van der Waals surface area contributed by atoms with Gasteiger partial charge in [-0.15, -0.1) is 0 Å². The van der Waals surface area contributed by atoms with Crippen LogP contribution in [0.3, 0.4) is 0 Å². The van der Waals surface area contributed by atoms with Gasteiger partial charge in [-0.2, -0.15) is 0 Å². The molecule has 0 fully saturated rings. The number of benzene rings is 1. The molecule has 0 amide bonds. The van der Waals surface area contributed by atoms with E-state index in [9.17, 15) is 4.79 Å². The Morgan fingerprint density at radius 2 is 2.05 bits per heavy atom. The monoisotopic (exact) mass is 265 g/mol. The zero-order chi connectivity index (χ0) is 14.6. The number of carbonyl (C=O) groups is 1. The molecule has 1 rings (SSSR count). The van der Waals surface area contributed by atoms with Gasteiger partial charge in [0.05, 0.1) is 0 Å². The summed E-state index contributed by atoms with van der Waals surface area (Å²) in [5.41, 5.74) is 2.22. The predicted molar refractivity (Wildman–Crippen MR) is 75.9 cm³/mol. The SMILES string of the molecule is CNC(COc1ccc(C)cc1C(C)(C)C)C(=O)O. The number of hydrogen-bond donors (Lipinski definition) is 2. The van der Waals surface area contributed by atoms with Crippen LogP contribution in [-0.2, 0) is 10.2 Å². The maximum absolute atomic E-state index is 10.9. The maximum Gasteiger partial charge on any atom is 0.324 e. The lowest BCUT2D eigenvalue weighted by atomic mass is 9.85. The topological polar surface area (TPSA) is 58.6 Å². The van der Waals surface area contributed by atoms with Gasteiger partial charge in [-0.1, -0.05) is 38.5 Å². The van der Waals surface area contributed by atoms with E-state index in [0.29, 0.717) is 0 Å². The van der Waals surface area contributed by atoms with Crippen molar-refractivity contribution in [3.05, 3.63) is 29.3 Å². The van der Waals surface area contributed by atoms with Crippen molar-refractivity contribution in [3.63, 3.8) is 0 Å². The van der Waals surface area contributed by atoms with E-state index >= 15 is 0 Å². The fourth-order valence-corrected chi connectivity index (χ4v) is 1.81. The summed E-state index contributed by atoms with van der Waals surface area (Å²) >= 11 is 0. The second kappa shape index (κ2) is 6.06. The Labute approximate surface area is 114 Å². The van der Waals surface area contributed by atoms with Crippen LogP contribution in [-0.4, -0.2) is 30.8 Å². The number of hydrogen-bond acceptors (Lipinski definition) is 3. The molecule has 1 unspecified atom stereocenters. The van der Waals surface area contributed by atoms with Gasteiger partial charge in [0.15, 0.2) is 0 Å². The number of aryl methyl sites for hydroxylation is 1. The van der Waals surface area contributed by atoms with Gasteiger partial charge in [0, 0.05) is 0 Å². The van der Waals surface area contributed by atoms with Crippen LogP contribution in [0.2, 0.25) is 0 Å². The Bertz CT molecular complexity index is 449. The molecule has 0 aliphatic carbocycles. The molecule has 0 aromatic heterocycles. The van der Waals surface area contributed by atoms with Crippen LogP contribution >= 0.6 is 0 Å². The maximum atomic E-state index is 10.9. The van der Waals surface area contributed by atoms with Crippen molar-refractivity contribution >= 4 is 5.97 Å². The number of carboxylic acids is 1. The van der Waals surface area contributed by atoms with Gasteiger partial charge in [0.25, 0.3) is 0 Å². The van der Waals surface area contributed by atoms with Gasteiger partial charge in [0.2, 0.25) is 0 Å². The molecular formula is C15H23NO3. The summed E-state index contributed by atoms with van der Waals surface area (Å²) in [7, 11) is 1.61. The first-order valence-corrected chi connectivity index (χ1v) is 6.39. The van der Waals surface area contributed by atoms with Crippen LogP contribution in [0.15, 0.2) is 18.2 Å². The van der Waals surface area contributed by atoms with E-state index < -0.39 is 12.0 Å². The third kappa shape index (κ3) is 4.24. The van der Waals surface area contributed by atoms with E-state index in [0.717, 1.165) is 11.3 Å². The summed E-state index contributed by atoms with van der Waals surface area (Å²) < 4.78 is 5.69. The van der Waals surface area contributed by atoms with Crippen LogP contribution in [0.5, 0.6) is 5.75 Å². The molecule has 1 atom stereocenters. The van der Waals surface area contributed by atoms with Crippen LogP contribution in [0.1, 0.15) is 31.9 Å². The van der Waals surface area contributed by atoms with Gasteiger partial charge in [0.1, 0.15) is 18.4 Å². The highest BCUT2D eigenvalue weighted by molar-refractivity contribution is 5.73. The number of ether oxygens (including phenoxy) is 1. The summed E-state index contributed by atoms with van der Waals surface area (Å²) in [6.45, 7) is 8.48. The zero-order valence-corrected chi connectivity index (χ0v) is 12.3. The van der Waals surface area contributed by atoms with E-state index in [4.69, 9.17) is 9.84 Å². The highest BCUT2D eigenvalue weighted by atomic mass is 16.5. The van der Waals surface area contributed by atoms with Crippen molar-refractivity contribution in [2.45, 2.75) is 39.2 Å². The standard InChI is InChI=1S/C15H23NO3/c1-10-6-7-13(11(8-10)15(2,3)4)19-9-12(16-5)14(17)18/h6-8,12,16H,9H2,1-5H3,(H,17,18). The number of likely N-dealkylation sites (N-methyl/N-ethyl adjacent to an activating group) is 1. The van der Waals surface area contributed by atoms with E-state index in [1.54, 1.807) is 7.05 Å². The largest absolute Gasteiger partial charge is 0.491 e. The molecule has 0 spiro atoms. The zero-order valence-electron chi connectivity index (χ0n) is 12.3. The van der Waals surface area contributed by atoms with Gasteiger partial charge in [-0.05, 0) is 31.0 Å². The number of carboxylic acid groups (broad SMARTS) is 1. The second-order valence-electron chi connectivity index (χ2n) is 5.74. The molecule has 1 aromatic carbocycles. The molecular weight excluding hydrogens is 242 g/mol. The molecule has 0 saturated carbocycles. The van der Waals surface area contributed by atoms with Crippen molar-refractivity contribution in [1.82, 2.24) is 5.32 Å². The lowest BCUT2D eigenvalue weighted by molar-refractivity contribution is -0.140. The average molecular weight is 265 g/mol. The number of nitrogens with one attached hydrogen (secondary N) is 1. The van der Waals surface area contributed by atoms with Crippen molar-refractivity contribution in [2.24, 2.45) is 0 Å². The minimum atomic E-state index is -0.910. The molecule has 19 heavy (non-hydrogen) atoms. The third-order valence-electron chi connectivity index (χ3n) is 3.00. The summed E-state index contributed by atoms with van der Waals surface area (Å²) in [5, 5.41) is 11.7. The summed E-state index contributed by atoms with van der Waals surface area (Å²) in [5.74, 6) is -0.161. The Morgan fingerprint density at radius 1 is 1.42 bits per heavy atom. The minimum absolute atomic E-state index is 0.0419. The summed E-state index contributed by atoms with van der Waals surface area (Å²) in [6, 6.07) is 5.27. The molecule has 2 N–H and O–H groups in total. The summed E-state index contributed by atoms with van der Waals surface area (Å²) in [6.07, 6.45) is 0. The van der Waals surface area contributed by atoms with Crippen LogP contribution in [0.4, 0.5) is 0 Å². The Balaban J connectivity index is 2.92. The van der Waals surface area contributed by atoms with Crippen molar-refractivity contribution in [1.29, 1.82) is 0 Å². The molecule has 1 aromatic rings. The quantitative estimate of drug-likeness (QED) is 0.858. The molecule has 0 bridgehead atoms. The fourth-order valence-electron chi connectivity index (χ4n) is 1.81. The average Bonchev–Trinajstić information content (AvgIpc) is 2.29. The van der Waals surface area contributed by atoms with E-state index in [-0.39, 0.29) is 12.0 Å². The van der Waals surface area contributed by atoms with Crippen molar-refractivity contribution < 1.29 is 14.6 Å². The Morgan fingerprint density at radius 3 is 2.53 bits per heavy atom. The van der Waals surface area contributed by atoms with Crippen LogP contribution in [0, 0.1) is 6.92 Å². The molecule has 4 heteroatoms. The Hall–Kier alpha value is -1.55. The highest BCUT2D eigenvalue weighted by Crippen LogP contribution is 2.32. The highest BCUT2D eigenvalue weighted by Gasteiger charge is 2.21. The van der Waals surface area contributed by atoms with Crippen LogP contribution < -0.4 is 10.1 Å². The molecule has 0 aliphatic rings. The molecule has 0 aliphatic heterocycles.